The predicted molar refractivity (Wildman–Crippen MR) is 38.9 cm³/mol. The molecule has 6 heteroatoms. The minimum absolute atomic E-state index is 0.178. The summed E-state index contributed by atoms with van der Waals surface area (Å²) < 4.78 is 0. The monoisotopic (exact) mass is 165 g/mol. The molecule has 0 aliphatic rings. The topological polar surface area (TPSA) is 94.5 Å². The van der Waals surface area contributed by atoms with Crippen LogP contribution in [-0.4, -0.2) is 27.4 Å². The molecule has 0 fully saturated rings. The molecule has 1 heterocycles. The third-order valence-corrected chi connectivity index (χ3v) is 1.19. The molecule has 0 radical (unpaired) electrons. The second kappa shape index (κ2) is 3.48. The van der Waals surface area contributed by atoms with Gasteiger partial charge in [-0.15, -0.1) is 0 Å². The summed E-state index contributed by atoms with van der Waals surface area (Å²) in [6.07, 6.45) is 1.29. The van der Waals surface area contributed by atoms with E-state index < -0.39 is 11.9 Å². The molecular weight excluding hydrogens is 158 g/mol. The molecule has 1 amide bonds. The van der Waals surface area contributed by atoms with Crippen molar-refractivity contribution >= 4 is 5.91 Å². The Hall–Kier alpha value is -1.90. The van der Waals surface area contributed by atoms with E-state index in [4.69, 9.17) is 5.26 Å². The van der Waals surface area contributed by atoms with Crippen molar-refractivity contribution < 1.29 is 4.79 Å². The quantitative estimate of drug-likeness (QED) is 0.614. The first-order valence-corrected chi connectivity index (χ1v) is 3.30. The molecule has 0 bridgehead atoms. The SMILES string of the molecule is C[C@@H](C#N)NC(=O)c1cn[nH]n1. The Labute approximate surface area is 68.6 Å². The number of carbonyl (C=O) groups is 1. The predicted octanol–water partition coefficient (Wildman–Crippen LogP) is -0.553. The molecule has 0 saturated carbocycles. The molecule has 0 spiro atoms. The summed E-state index contributed by atoms with van der Waals surface area (Å²) in [4.78, 5) is 11.1. The van der Waals surface area contributed by atoms with E-state index in [1.807, 2.05) is 6.07 Å². The fraction of sp³-hybridized carbons (Fsp3) is 0.333. The summed E-state index contributed by atoms with van der Waals surface area (Å²) in [5.74, 6) is -0.405. The maximum atomic E-state index is 11.1. The minimum Gasteiger partial charge on any atom is -0.335 e. The number of amides is 1. The number of nitrogens with one attached hydrogen (secondary N) is 2. The fourth-order valence-corrected chi connectivity index (χ4v) is 0.614. The van der Waals surface area contributed by atoms with Crippen LogP contribution in [0.3, 0.4) is 0 Å². The van der Waals surface area contributed by atoms with E-state index in [2.05, 4.69) is 20.7 Å². The molecule has 0 aliphatic carbocycles. The van der Waals surface area contributed by atoms with E-state index >= 15 is 0 Å². The highest BCUT2D eigenvalue weighted by atomic mass is 16.2. The van der Waals surface area contributed by atoms with Gasteiger partial charge in [-0.05, 0) is 6.92 Å². The lowest BCUT2D eigenvalue weighted by Gasteiger charge is -2.01. The average molecular weight is 165 g/mol. The van der Waals surface area contributed by atoms with Crippen molar-refractivity contribution in [2.24, 2.45) is 0 Å². The van der Waals surface area contributed by atoms with Crippen LogP contribution in [0.2, 0.25) is 0 Å². The van der Waals surface area contributed by atoms with Crippen LogP contribution < -0.4 is 5.32 Å². The molecular formula is C6H7N5O. The third kappa shape index (κ3) is 1.79. The van der Waals surface area contributed by atoms with Gasteiger partial charge in [0.25, 0.3) is 5.91 Å². The van der Waals surface area contributed by atoms with Crippen LogP contribution >= 0.6 is 0 Å². The van der Waals surface area contributed by atoms with Crippen LogP contribution in [0, 0.1) is 11.3 Å². The van der Waals surface area contributed by atoms with Gasteiger partial charge in [0, 0.05) is 0 Å². The lowest BCUT2D eigenvalue weighted by molar-refractivity contribution is 0.0943. The summed E-state index contributed by atoms with van der Waals surface area (Å²) in [6, 6.07) is 1.35. The number of nitrogens with zero attached hydrogens (tertiary/aromatic N) is 3. The summed E-state index contributed by atoms with van der Waals surface area (Å²) >= 11 is 0. The molecule has 1 aromatic rings. The Morgan fingerprint density at radius 3 is 3.17 bits per heavy atom. The Balaban J connectivity index is 2.57. The normalized spacial score (nSPS) is 11.7. The van der Waals surface area contributed by atoms with Crippen LogP contribution in [0.4, 0.5) is 0 Å². The van der Waals surface area contributed by atoms with Crippen LogP contribution in [0.25, 0.3) is 0 Å². The standard InChI is InChI=1S/C6H7N5O/c1-4(2-7)9-6(12)5-3-8-11-10-5/h3-4H,1H3,(H,9,12)(H,8,10,11)/t4-/m0/s1. The van der Waals surface area contributed by atoms with Gasteiger partial charge in [0.05, 0.1) is 12.3 Å². The van der Waals surface area contributed by atoms with Crippen molar-refractivity contribution in [3.8, 4) is 6.07 Å². The van der Waals surface area contributed by atoms with Gasteiger partial charge >= 0.3 is 0 Å². The van der Waals surface area contributed by atoms with Crippen LogP contribution in [0.5, 0.6) is 0 Å². The lowest BCUT2D eigenvalue weighted by Crippen LogP contribution is -2.31. The first-order valence-electron chi connectivity index (χ1n) is 3.30. The summed E-state index contributed by atoms with van der Waals surface area (Å²) in [6.45, 7) is 1.58. The van der Waals surface area contributed by atoms with Crippen LogP contribution in [0.15, 0.2) is 6.20 Å². The van der Waals surface area contributed by atoms with E-state index in [0.717, 1.165) is 0 Å². The zero-order valence-electron chi connectivity index (χ0n) is 6.40. The summed E-state index contributed by atoms with van der Waals surface area (Å²) in [5.41, 5.74) is 0.178. The van der Waals surface area contributed by atoms with Crippen LogP contribution in [-0.2, 0) is 0 Å². The molecule has 0 aromatic carbocycles. The van der Waals surface area contributed by atoms with E-state index in [0.29, 0.717) is 0 Å². The van der Waals surface area contributed by atoms with E-state index in [9.17, 15) is 4.79 Å². The van der Waals surface area contributed by atoms with Gasteiger partial charge in [-0.3, -0.25) is 4.79 Å². The van der Waals surface area contributed by atoms with Crippen molar-refractivity contribution in [1.29, 1.82) is 5.26 Å². The molecule has 12 heavy (non-hydrogen) atoms. The third-order valence-electron chi connectivity index (χ3n) is 1.19. The molecule has 1 aromatic heterocycles. The largest absolute Gasteiger partial charge is 0.335 e. The Bertz CT molecular complexity index is 298. The second-order valence-electron chi connectivity index (χ2n) is 2.18. The minimum atomic E-state index is -0.519. The number of rotatable bonds is 2. The van der Waals surface area contributed by atoms with Crippen molar-refractivity contribution in [3.05, 3.63) is 11.9 Å². The Morgan fingerprint density at radius 2 is 2.67 bits per heavy atom. The van der Waals surface area contributed by atoms with Gasteiger partial charge in [-0.25, -0.2) is 0 Å². The number of aromatic amines is 1. The number of hydrogen-bond donors (Lipinski definition) is 2. The number of aromatic nitrogens is 3. The maximum absolute atomic E-state index is 11.1. The van der Waals surface area contributed by atoms with Gasteiger partial charge in [-0.1, -0.05) is 0 Å². The molecule has 2 N–H and O–H groups in total. The van der Waals surface area contributed by atoms with E-state index in [1.54, 1.807) is 6.92 Å². The lowest BCUT2D eigenvalue weighted by atomic mass is 10.3. The molecule has 62 valence electrons. The van der Waals surface area contributed by atoms with Gasteiger partial charge in [0.1, 0.15) is 6.04 Å². The van der Waals surface area contributed by atoms with E-state index in [1.165, 1.54) is 6.20 Å². The number of hydrogen-bond acceptors (Lipinski definition) is 4. The number of carbonyl (C=O) groups excluding carboxylic acids is 1. The first-order chi connectivity index (χ1) is 5.74. The maximum Gasteiger partial charge on any atom is 0.274 e. The van der Waals surface area contributed by atoms with Gasteiger partial charge < -0.3 is 5.32 Å². The average Bonchev–Trinajstić information content (AvgIpc) is 2.56. The van der Waals surface area contributed by atoms with Gasteiger partial charge in [0.2, 0.25) is 0 Å². The fourth-order valence-electron chi connectivity index (χ4n) is 0.614. The molecule has 0 unspecified atom stereocenters. The Morgan fingerprint density at radius 1 is 1.92 bits per heavy atom. The van der Waals surface area contributed by atoms with Crippen LogP contribution in [0.1, 0.15) is 17.4 Å². The first kappa shape index (κ1) is 8.20. The van der Waals surface area contributed by atoms with Crippen molar-refractivity contribution in [2.75, 3.05) is 0 Å². The molecule has 1 atom stereocenters. The highest BCUT2D eigenvalue weighted by Crippen LogP contribution is 1.89. The van der Waals surface area contributed by atoms with Crippen molar-refractivity contribution in [3.63, 3.8) is 0 Å². The second-order valence-corrected chi connectivity index (χ2v) is 2.18. The highest BCUT2D eigenvalue weighted by molar-refractivity contribution is 5.92. The number of nitriles is 1. The van der Waals surface area contributed by atoms with Crippen molar-refractivity contribution in [1.82, 2.24) is 20.7 Å². The summed E-state index contributed by atoms with van der Waals surface area (Å²) in [5, 5.41) is 20.1. The number of H-pyrrole nitrogens is 1. The molecule has 1 rings (SSSR count). The smallest absolute Gasteiger partial charge is 0.274 e. The zero-order chi connectivity index (χ0) is 8.97. The van der Waals surface area contributed by atoms with Gasteiger partial charge in [0.15, 0.2) is 5.69 Å². The molecule has 6 nitrogen and oxygen atoms in total. The molecule has 0 saturated heterocycles. The Kier molecular flexibility index (Phi) is 2.38. The van der Waals surface area contributed by atoms with Crippen molar-refractivity contribution in [2.45, 2.75) is 13.0 Å². The molecule has 0 aliphatic heterocycles. The summed E-state index contributed by atoms with van der Waals surface area (Å²) in [7, 11) is 0. The highest BCUT2D eigenvalue weighted by Gasteiger charge is 2.10. The van der Waals surface area contributed by atoms with E-state index in [-0.39, 0.29) is 5.69 Å². The zero-order valence-corrected chi connectivity index (χ0v) is 6.40. The van der Waals surface area contributed by atoms with Gasteiger partial charge in [-0.2, -0.15) is 20.7 Å².